The Hall–Kier alpha value is -2.94. The number of rotatable bonds is 8. The minimum Gasteiger partial charge on any atom is -0.490 e. The fourth-order valence-corrected chi connectivity index (χ4v) is 5.02. The van der Waals surface area contributed by atoms with Crippen molar-refractivity contribution in [2.45, 2.75) is 64.3 Å². The van der Waals surface area contributed by atoms with Crippen LogP contribution >= 0.6 is 0 Å². The first kappa shape index (κ1) is 27.6. The average Bonchev–Trinajstić information content (AvgIpc) is 2.95. The van der Waals surface area contributed by atoms with Gasteiger partial charge in [-0.1, -0.05) is 20.8 Å². The highest BCUT2D eigenvalue weighted by atomic mass is 32.2. The molecule has 0 unspecified atom stereocenters. The molecule has 0 saturated carbocycles. The van der Waals surface area contributed by atoms with Gasteiger partial charge >= 0.3 is 0 Å². The summed E-state index contributed by atoms with van der Waals surface area (Å²) in [6.07, 6.45) is 1.10. The van der Waals surface area contributed by atoms with Gasteiger partial charge in [0.05, 0.1) is 35.8 Å². The maximum Gasteiger partial charge on any atom is 0.197 e. The predicted molar refractivity (Wildman–Crippen MR) is 138 cm³/mol. The topological polar surface area (TPSA) is 96.8 Å². The zero-order valence-electron chi connectivity index (χ0n) is 22.2. The molecule has 0 radical (unpaired) electrons. The van der Waals surface area contributed by atoms with Crippen molar-refractivity contribution in [2.24, 2.45) is 0 Å². The molecule has 0 atom stereocenters. The van der Waals surface area contributed by atoms with E-state index in [1.165, 1.54) is 11.0 Å². The van der Waals surface area contributed by atoms with E-state index >= 15 is 4.39 Å². The molecule has 0 bridgehead atoms. The molecule has 3 rings (SSSR count). The lowest BCUT2D eigenvalue weighted by molar-refractivity contribution is 0.0920. The van der Waals surface area contributed by atoms with Crippen LogP contribution in [0.5, 0.6) is 11.5 Å². The van der Waals surface area contributed by atoms with E-state index < -0.39 is 21.2 Å². The molecular formula is C27H35FN2O5S. The monoisotopic (exact) mass is 518 g/mol. The van der Waals surface area contributed by atoms with Gasteiger partial charge < -0.3 is 14.4 Å². The predicted octanol–water partition coefficient (Wildman–Crippen LogP) is 5.08. The maximum atomic E-state index is 15.6. The highest BCUT2D eigenvalue weighted by Gasteiger charge is 2.45. The number of amidine groups is 1. The Labute approximate surface area is 213 Å². The van der Waals surface area contributed by atoms with Crippen LogP contribution in [0.3, 0.4) is 0 Å². The molecule has 1 aliphatic rings. The van der Waals surface area contributed by atoms with Crippen molar-refractivity contribution in [1.29, 1.82) is 5.41 Å². The van der Waals surface area contributed by atoms with E-state index in [1.807, 2.05) is 34.6 Å². The second-order valence-corrected chi connectivity index (χ2v) is 12.5. The summed E-state index contributed by atoms with van der Waals surface area (Å²) < 4.78 is 51.4. The minimum atomic E-state index is -3.56. The fourth-order valence-electron chi connectivity index (χ4n) is 4.34. The molecule has 1 aliphatic heterocycles. The van der Waals surface area contributed by atoms with Crippen LogP contribution in [0, 0.1) is 11.2 Å². The van der Waals surface area contributed by atoms with Crippen molar-refractivity contribution in [3.8, 4) is 11.5 Å². The molecule has 36 heavy (non-hydrogen) atoms. The van der Waals surface area contributed by atoms with E-state index in [-0.39, 0.29) is 57.7 Å². The van der Waals surface area contributed by atoms with Crippen LogP contribution in [-0.4, -0.2) is 51.0 Å². The normalized spacial score (nSPS) is 15.1. The third-order valence-corrected chi connectivity index (χ3v) is 7.53. The smallest absolute Gasteiger partial charge is 0.197 e. The standard InChI is InChI=1S/C27H35FN2O5S/c1-9-34-21-14-19-22(23(28)24(21)35-10-2)25(29)30(27(19,6)7)15-20(31)16-11-17(26(3,4)5)13-18(12-16)36(8,32)33/h11-14,29H,9-10,15H2,1-8H3. The van der Waals surface area contributed by atoms with E-state index in [9.17, 15) is 13.2 Å². The van der Waals surface area contributed by atoms with Gasteiger partial charge in [0, 0.05) is 11.8 Å². The number of nitrogens with one attached hydrogen (secondary N) is 1. The molecule has 0 amide bonds. The highest BCUT2D eigenvalue weighted by molar-refractivity contribution is 7.90. The summed E-state index contributed by atoms with van der Waals surface area (Å²) >= 11 is 0. The van der Waals surface area contributed by atoms with Crippen LogP contribution in [0.2, 0.25) is 0 Å². The summed E-state index contributed by atoms with van der Waals surface area (Å²) in [5.41, 5.74) is 0.236. The van der Waals surface area contributed by atoms with E-state index in [2.05, 4.69) is 0 Å². The number of carbonyl (C=O) groups is 1. The van der Waals surface area contributed by atoms with Crippen molar-refractivity contribution in [3.05, 3.63) is 52.3 Å². The number of sulfone groups is 1. The maximum absolute atomic E-state index is 15.6. The Morgan fingerprint density at radius 3 is 2.22 bits per heavy atom. The van der Waals surface area contributed by atoms with Gasteiger partial charge in [0.1, 0.15) is 5.84 Å². The number of benzene rings is 2. The van der Waals surface area contributed by atoms with Gasteiger partial charge in [0.2, 0.25) is 0 Å². The molecule has 1 N–H and O–H groups in total. The molecular weight excluding hydrogens is 483 g/mol. The highest BCUT2D eigenvalue weighted by Crippen LogP contribution is 2.46. The lowest BCUT2D eigenvalue weighted by atomic mass is 9.85. The molecule has 0 aromatic heterocycles. The molecule has 0 fully saturated rings. The lowest BCUT2D eigenvalue weighted by Gasteiger charge is -2.33. The number of halogens is 1. The number of nitrogens with zero attached hydrogens (tertiary/aromatic N) is 1. The second-order valence-electron chi connectivity index (χ2n) is 10.5. The first-order chi connectivity index (χ1) is 16.5. The van der Waals surface area contributed by atoms with Crippen LogP contribution in [0.15, 0.2) is 29.2 Å². The van der Waals surface area contributed by atoms with Crippen LogP contribution in [0.1, 0.15) is 75.5 Å². The Balaban J connectivity index is 2.07. The SMILES string of the molecule is CCOc1cc2c(c(F)c1OCC)C(=N)N(CC(=O)c1cc(C(C)(C)C)cc(S(C)(=O)=O)c1)C2(C)C. The van der Waals surface area contributed by atoms with Crippen molar-refractivity contribution < 1.29 is 27.1 Å². The van der Waals surface area contributed by atoms with E-state index in [1.54, 1.807) is 32.0 Å². The molecule has 2 aromatic carbocycles. The van der Waals surface area contributed by atoms with E-state index in [0.717, 1.165) is 6.26 Å². The number of Topliss-reactive ketones (excluding diaryl/α,β-unsaturated/α-hetero) is 1. The lowest BCUT2D eigenvalue weighted by Crippen LogP contribution is -2.42. The van der Waals surface area contributed by atoms with Gasteiger partial charge in [-0.25, -0.2) is 12.8 Å². The van der Waals surface area contributed by atoms with E-state index in [4.69, 9.17) is 14.9 Å². The number of ether oxygens (including phenoxy) is 2. The minimum absolute atomic E-state index is 0.0532. The zero-order chi connectivity index (χ0) is 27.2. The van der Waals surface area contributed by atoms with Crippen LogP contribution in [0.25, 0.3) is 0 Å². The summed E-state index contributed by atoms with van der Waals surface area (Å²) in [5, 5.41) is 8.77. The summed E-state index contributed by atoms with van der Waals surface area (Å²) in [5.74, 6) is -1.00. The van der Waals surface area contributed by atoms with E-state index in [0.29, 0.717) is 17.7 Å². The van der Waals surface area contributed by atoms with Crippen LogP contribution in [0.4, 0.5) is 4.39 Å². The quantitative estimate of drug-likeness (QED) is 0.490. The second kappa shape index (κ2) is 9.50. The number of hydrogen-bond donors (Lipinski definition) is 1. The Kier molecular flexibility index (Phi) is 7.29. The van der Waals surface area contributed by atoms with Gasteiger partial charge in [0.25, 0.3) is 0 Å². The van der Waals surface area contributed by atoms with Crippen molar-refractivity contribution in [3.63, 3.8) is 0 Å². The number of hydrogen-bond acceptors (Lipinski definition) is 6. The summed E-state index contributed by atoms with van der Waals surface area (Å²) in [7, 11) is -3.56. The molecule has 1 heterocycles. The summed E-state index contributed by atoms with van der Waals surface area (Å²) in [6.45, 7) is 13.3. The fraction of sp³-hybridized carbons (Fsp3) is 0.481. The van der Waals surface area contributed by atoms with Crippen molar-refractivity contribution in [2.75, 3.05) is 26.0 Å². The van der Waals surface area contributed by atoms with Gasteiger partial charge in [-0.2, -0.15) is 0 Å². The molecule has 2 aromatic rings. The molecule has 9 heteroatoms. The molecule has 0 saturated heterocycles. The van der Waals surface area contributed by atoms with Gasteiger partial charge in [0.15, 0.2) is 32.9 Å². The van der Waals surface area contributed by atoms with Gasteiger partial charge in [-0.05, 0) is 68.5 Å². The first-order valence-electron chi connectivity index (χ1n) is 11.9. The average molecular weight is 519 g/mol. The first-order valence-corrected chi connectivity index (χ1v) is 13.8. The van der Waals surface area contributed by atoms with Crippen LogP contribution < -0.4 is 9.47 Å². The number of carbonyl (C=O) groups excluding carboxylic acids is 1. The Morgan fingerprint density at radius 1 is 1.08 bits per heavy atom. The molecule has 7 nitrogen and oxygen atoms in total. The largest absolute Gasteiger partial charge is 0.490 e. The van der Waals surface area contributed by atoms with Gasteiger partial charge in [-0.3, -0.25) is 10.2 Å². The van der Waals surface area contributed by atoms with Crippen molar-refractivity contribution >= 4 is 21.5 Å². The van der Waals surface area contributed by atoms with Gasteiger partial charge in [-0.15, -0.1) is 0 Å². The summed E-state index contributed by atoms with van der Waals surface area (Å²) in [6, 6.07) is 6.32. The van der Waals surface area contributed by atoms with Crippen molar-refractivity contribution in [1.82, 2.24) is 4.90 Å². The third-order valence-electron chi connectivity index (χ3n) is 6.44. The third kappa shape index (κ3) is 4.98. The summed E-state index contributed by atoms with van der Waals surface area (Å²) in [4.78, 5) is 15.1. The Morgan fingerprint density at radius 2 is 1.69 bits per heavy atom. The molecule has 0 spiro atoms. The number of fused-ring (bicyclic) bond motifs is 1. The zero-order valence-corrected chi connectivity index (χ0v) is 23.0. The number of ketones is 1. The Bertz CT molecular complexity index is 1330. The molecule has 196 valence electrons. The molecule has 0 aliphatic carbocycles. The van der Waals surface area contributed by atoms with Crippen LogP contribution in [-0.2, 0) is 20.8 Å².